The van der Waals surface area contributed by atoms with Gasteiger partial charge in [0, 0.05) is 26.1 Å². The maximum atomic E-state index is 13.1. The van der Waals surface area contributed by atoms with Gasteiger partial charge in [-0.25, -0.2) is 10.4 Å². The van der Waals surface area contributed by atoms with E-state index in [-0.39, 0.29) is 32.0 Å². The molecule has 0 aromatic carbocycles. The van der Waals surface area contributed by atoms with Gasteiger partial charge in [-0.05, 0) is 58.0 Å². The van der Waals surface area contributed by atoms with Gasteiger partial charge in [0.1, 0.15) is 6.42 Å². The first-order chi connectivity index (χ1) is 15.8. The molecule has 0 aliphatic carbocycles. The van der Waals surface area contributed by atoms with Crippen molar-refractivity contribution < 1.29 is 33.8 Å². The summed E-state index contributed by atoms with van der Waals surface area (Å²) >= 11 is 0. The highest BCUT2D eigenvalue weighted by molar-refractivity contribution is 6.03. The van der Waals surface area contributed by atoms with E-state index < -0.39 is 36.1 Å². The Morgan fingerprint density at radius 1 is 1.12 bits per heavy atom. The van der Waals surface area contributed by atoms with E-state index in [2.05, 4.69) is 10.7 Å². The topological polar surface area (TPSA) is 145 Å². The summed E-state index contributed by atoms with van der Waals surface area (Å²) in [6.07, 6.45) is 3.59. The number of carboxylic acid groups (broad SMARTS) is 1. The van der Waals surface area contributed by atoms with Crippen molar-refractivity contribution in [2.45, 2.75) is 58.3 Å². The largest absolute Gasteiger partial charge is 0.481 e. The van der Waals surface area contributed by atoms with E-state index in [0.29, 0.717) is 31.7 Å². The van der Waals surface area contributed by atoms with Gasteiger partial charge in [-0.2, -0.15) is 0 Å². The zero-order chi connectivity index (χ0) is 24.2. The van der Waals surface area contributed by atoms with Crippen molar-refractivity contribution in [2.24, 2.45) is 11.8 Å². The van der Waals surface area contributed by atoms with Crippen LogP contribution < -0.4 is 10.7 Å². The van der Waals surface area contributed by atoms with Crippen LogP contribution >= 0.6 is 0 Å². The van der Waals surface area contributed by atoms with E-state index in [1.165, 1.54) is 0 Å². The molecule has 0 unspecified atom stereocenters. The molecule has 2 saturated heterocycles. The summed E-state index contributed by atoms with van der Waals surface area (Å²) in [6.45, 7) is 4.28. The van der Waals surface area contributed by atoms with Crippen LogP contribution in [0.5, 0.6) is 0 Å². The van der Waals surface area contributed by atoms with Crippen LogP contribution in [0.3, 0.4) is 0 Å². The smallest absolute Gasteiger partial charge is 0.315 e. The van der Waals surface area contributed by atoms with Gasteiger partial charge < -0.3 is 20.1 Å². The van der Waals surface area contributed by atoms with E-state index in [4.69, 9.17) is 9.84 Å². The number of carboxylic acids is 1. The van der Waals surface area contributed by atoms with Crippen LogP contribution in [0.15, 0.2) is 0 Å². The molecule has 11 heteroatoms. The van der Waals surface area contributed by atoms with Crippen LogP contribution in [0.2, 0.25) is 0 Å². The summed E-state index contributed by atoms with van der Waals surface area (Å²) in [7, 11) is 0. The third kappa shape index (κ3) is 9.09. The first kappa shape index (κ1) is 26.7. The highest BCUT2D eigenvalue weighted by Crippen LogP contribution is 2.22. The molecule has 1 atom stereocenters. The SMILES string of the molecule is CCOC(=O)CC(=O)N(NCCC(=O)O)C(=O)[C@@H]1CCCN(C(=O)CCC2CCNCC2)C1. The standard InChI is InChI=1S/C22H36N4O7/c1-2-33-21(31)14-19(28)26(24-12-9-20(29)30)22(32)17-4-3-13-25(15-17)18(27)6-5-16-7-10-23-11-8-16/h16-17,23-24H,2-15H2,1H3,(H,29,30)/t17-/m1/s1. The molecular weight excluding hydrogens is 432 g/mol. The minimum atomic E-state index is -1.09. The van der Waals surface area contributed by atoms with Gasteiger partial charge in [-0.15, -0.1) is 0 Å². The summed E-state index contributed by atoms with van der Waals surface area (Å²) in [5.74, 6) is -3.29. The van der Waals surface area contributed by atoms with Crippen LogP contribution in [0, 0.1) is 11.8 Å². The number of hydrogen-bond acceptors (Lipinski definition) is 8. The van der Waals surface area contributed by atoms with Gasteiger partial charge >= 0.3 is 11.9 Å². The van der Waals surface area contributed by atoms with E-state index in [0.717, 1.165) is 37.4 Å². The quantitative estimate of drug-likeness (QED) is 0.221. The monoisotopic (exact) mass is 468 g/mol. The first-order valence-electron chi connectivity index (χ1n) is 11.8. The fourth-order valence-corrected chi connectivity index (χ4v) is 4.22. The van der Waals surface area contributed by atoms with Crippen LogP contribution in [-0.2, 0) is 28.7 Å². The minimum absolute atomic E-state index is 0.00858. The normalized spacial score (nSPS) is 19.1. The molecule has 3 amide bonds. The highest BCUT2D eigenvalue weighted by Gasteiger charge is 2.34. The summed E-state index contributed by atoms with van der Waals surface area (Å²) in [5, 5.41) is 12.9. The lowest BCUT2D eigenvalue weighted by Gasteiger charge is -2.35. The van der Waals surface area contributed by atoms with Gasteiger partial charge in [0.15, 0.2) is 0 Å². The predicted octanol–water partition coefficient (Wildman–Crippen LogP) is 0.293. The zero-order valence-corrected chi connectivity index (χ0v) is 19.3. The molecule has 2 aliphatic heterocycles. The maximum Gasteiger partial charge on any atom is 0.315 e. The van der Waals surface area contributed by atoms with Crippen molar-refractivity contribution in [1.82, 2.24) is 20.7 Å². The fraction of sp³-hybridized carbons (Fsp3) is 0.773. The number of nitrogens with one attached hydrogen (secondary N) is 2. The number of hydrazine groups is 1. The van der Waals surface area contributed by atoms with E-state index in [1.54, 1.807) is 11.8 Å². The van der Waals surface area contributed by atoms with Crippen molar-refractivity contribution in [2.75, 3.05) is 39.3 Å². The number of likely N-dealkylation sites (tertiary alicyclic amines) is 1. The second kappa shape index (κ2) is 13.9. The van der Waals surface area contributed by atoms with Gasteiger partial charge in [-0.3, -0.25) is 24.0 Å². The highest BCUT2D eigenvalue weighted by atomic mass is 16.5. The van der Waals surface area contributed by atoms with Gasteiger partial charge in [0.2, 0.25) is 11.8 Å². The first-order valence-corrected chi connectivity index (χ1v) is 11.8. The van der Waals surface area contributed by atoms with Crippen LogP contribution in [0.1, 0.15) is 58.3 Å². The zero-order valence-electron chi connectivity index (χ0n) is 19.3. The average Bonchev–Trinajstić information content (AvgIpc) is 2.80. The Kier molecular flexibility index (Phi) is 11.2. The third-order valence-electron chi connectivity index (χ3n) is 6.03. The van der Waals surface area contributed by atoms with Crippen molar-refractivity contribution in [1.29, 1.82) is 0 Å². The molecule has 33 heavy (non-hydrogen) atoms. The Bertz CT molecular complexity index is 709. The van der Waals surface area contributed by atoms with Crippen molar-refractivity contribution in [3.05, 3.63) is 0 Å². The van der Waals surface area contributed by atoms with Crippen molar-refractivity contribution >= 4 is 29.7 Å². The summed E-state index contributed by atoms with van der Waals surface area (Å²) in [6, 6.07) is 0. The van der Waals surface area contributed by atoms with Crippen LogP contribution in [0.4, 0.5) is 0 Å². The van der Waals surface area contributed by atoms with Crippen LogP contribution in [-0.4, -0.2) is 84.0 Å². The van der Waals surface area contributed by atoms with E-state index in [9.17, 15) is 24.0 Å². The number of hydrogen-bond donors (Lipinski definition) is 3. The second-order valence-corrected chi connectivity index (χ2v) is 8.51. The molecule has 186 valence electrons. The Morgan fingerprint density at radius 2 is 1.85 bits per heavy atom. The third-order valence-corrected chi connectivity index (χ3v) is 6.03. The molecule has 2 aliphatic rings. The van der Waals surface area contributed by atoms with Gasteiger partial charge in [-0.1, -0.05) is 0 Å². The number of aliphatic carboxylic acids is 1. The Hall–Kier alpha value is -2.53. The number of carbonyl (C=O) groups is 5. The minimum Gasteiger partial charge on any atom is -0.481 e. The molecule has 0 aromatic heterocycles. The molecule has 3 N–H and O–H groups in total. The van der Waals surface area contributed by atoms with Gasteiger partial charge in [0.25, 0.3) is 5.91 Å². The lowest BCUT2D eigenvalue weighted by molar-refractivity contribution is -0.157. The number of piperidine rings is 2. The summed E-state index contributed by atoms with van der Waals surface area (Å²) in [5.41, 5.74) is 2.54. The molecule has 0 saturated carbocycles. The van der Waals surface area contributed by atoms with Crippen molar-refractivity contribution in [3.8, 4) is 0 Å². The van der Waals surface area contributed by atoms with E-state index in [1.807, 2.05) is 0 Å². The molecular formula is C22H36N4O7. The Labute approximate surface area is 194 Å². The number of carbonyl (C=O) groups excluding carboxylic acids is 4. The summed E-state index contributed by atoms with van der Waals surface area (Å²) < 4.78 is 4.78. The summed E-state index contributed by atoms with van der Waals surface area (Å²) in [4.78, 5) is 62.7. The van der Waals surface area contributed by atoms with Gasteiger partial charge in [0.05, 0.1) is 18.9 Å². The molecule has 11 nitrogen and oxygen atoms in total. The maximum absolute atomic E-state index is 13.1. The molecule has 0 bridgehead atoms. The lowest BCUT2D eigenvalue weighted by Crippen LogP contribution is -2.54. The van der Waals surface area contributed by atoms with Crippen molar-refractivity contribution in [3.63, 3.8) is 0 Å². The molecule has 0 aromatic rings. The average molecular weight is 469 g/mol. The number of imide groups is 1. The number of rotatable bonds is 11. The number of esters is 1. The molecule has 2 heterocycles. The lowest BCUT2D eigenvalue weighted by atomic mass is 9.92. The number of nitrogens with zero attached hydrogens (tertiary/aromatic N) is 2. The molecule has 0 radical (unpaired) electrons. The van der Waals surface area contributed by atoms with E-state index >= 15 is 0 Å². The number of ether oxygens (including phenoxy) is 1. The Morgan fingerprint density at radius 3 is 2.52 bits per heavy atom. The second-order valence-electron chi connectivity index (χ2n) is 8.51. The van der Waals surface area contributed by atoms with Crippen LogP contribution in [0.25, 0.3) is 0 Å². The number of amides is 3. The molecule has 2 rings (SSSR count). The predicted molar refractivity (Wildman–Crippen MR) is 117 cm³/mol. The molecule has 0 spiro atoms. The molecule has 2 fully saturated rings. The fourth-order valence-electron chi connectivity index (χ4n) is 4.22. The Balaban J connectivity index is 1.96.